The van der Waals surface area contributed by atoms with Crippen LogP contribution in [-0.2, 0) is 36.6 Å². The quantitative estimate of drug-likeness (QED) is 0.720. The first-order chi connectivity index (χ1) is 14.0. The number of ether oxygens (including phenoxy) is 2. The van der Waals surface area contributed by atoms with Crippen molar-refractivity contribution >= 4 is 33.0 Å². The molecule has 0 bridgehead atoms. The fraction of sp³-hybridized carbons (Fsp3) is 0.450. The molecule has 3 heterocycles. The number of unbranched alkanes of at least 4 members (excludes halogenated alkanes) is 1. The van der Waals surface area contributed by atoms with Crippen molar-refractivity contribution < 1.29 is 22.7 Å². The molecule has 9 heteroatoms. The highest BCUT2D eigenvalue weighted by atomic mass is 32.2. The zero-order valence-electron chi connectivity index (χ0n) is 16.2. The molecular formula is C20H24N2O5S2. The summed E-state index contributed by atoms with van der Waals surface area (Å²) in [5, 5.41) is 4.68. The zero-order chi connectivity index (χ0) is 20.5. The summed E-state index contributed by atoms with van der Waals surface area (Å²) in [6, 6.07) is 8.51. The fourth-order valence-corrected chi connectivity index (χ4v) is 5.84. The Morgan fingerprint density at radius 3 is 2.72 bits per heavy atom. The standard InChI is InChI=1S/C20H24N2O5S2/c1-2-3-9-22(14-15-6-4-12-28-15)29(24,25)16-7-8-18-17(13-16)20(19(23)21-18)26-10-5-11-27-20/h4,6-8,12-13H,2-3,5,9-11,14H2,1H3,(H,21,23). The first-order valence-electron chi connectivity index (χ1n) is 9.74. The zero-order valence-corrected chi connectivity index (χ0v) is 17.9. The number of hydrogen-bond acceptors (Lipinski definition) is 6. The number of rotatable bonds is 7. The van der Waals surface area contributed by atoms with Crippen LogP contribution in [0.2, 0.25) is 0 Å². The van der Waals surface area contributed by atoms with Crippen molar-refractivity contribution in [3.63, 3.8) is 0 Å². The van der Waals surface area contributed by atoms with Crippen LogP contribution in [-0.4, -0.2) is 38.4 Å². The molecule has 2 aromatic rings. The third-order valence-electron chi connectivity index (χ3n) is 5.10. The number of nitrogens with zero attached hydrogens (tertiary/aromatic N) is 1. The minimum atomic E-state index is -3.75. The number of nitrogens with one attached hydrogen (secondary N) is 1. The molecule has 1 amide bonds. The number of fused-ring (bicyclic) bond motifs is 2. The SMILES string of the molecule is CCCCN(Cc1cccs1)S(=O)(=O)c1ccc2c(c1)C1(OCCCO1)C(=O)N2. The van der Waals surface area contributed by atoms with E-state index in [0.717, 1.165) is 17.7 Å². The summed E-state index contributed by atoms with van der Waals surface area (Å²) in [4.78, 5) is 13.7. The molecule has 1 fully saturated rings. The molecule has 1 saturated heterocycles. The Bertz CT molecular complexity index is 982. The summed E-state index contributed by atoms with van der Waals surface area (Å²) >= 11 is 1.53. The molecule has 7 nitrogen and oxygen atoms in total. The van der Waals surface area contributed by atoms with Crippen LogP contribution in [0.5, 0.6) is 0 Å². The van der Waals surface area contributed by atoms with E-state index in [2.05, 4.69) is 5.32 Å². The second-order valence-electron chi connectivity index (χ2n) is 7.10. The molecule has 4 rings (SSSR count). The van der Waals surface area contributed by atoms with Gasteiger partial charge in [0.1, 0.15) is 0 Å². The average Bonchev–Trinajstić information content (AvgIpc) is 3.32. The summed E-state index contributed by atoms with van der Waals surface area (Å²) in [7, 11) is -3.75. The Balaban J connectivity index is 1.70. The second-order valence-corrected chi connectivity index (χ2v) is 10.1. The van der Waals surface area contributed by atoms with Crippen LogP contribution in [0.4, 0.5) is 5.69 Å². The molecule has 2 aliphatic rings. The van der Waals surface area contributed by atoms with Gasteiger partial charge in [-0.15, -0.1) is 11.3 Å². The lowest BCUT2D eigenvalue weighted by atomic mass is 10.1. The normalized spacial score (nSPS) is 18.2. The van der Waals surface area contributed by atoms with Crippen molar-refractivity contribution in [1.29, 1.82) is 0 Å². The summed E-state index contributed by atoms with van der Waals surface area (Å²) in [6.07, 6.45) is 2.35. The van der Waals surface area contributed by atoms with Crippen LogP contribution in [0.15, 0.2) is 40.6 Å². The molecule has 1 aromatic heterocycles. The van der Waals surface area contributed by atoms with Crippen LogP contribution >= 0.6 is 11.3 Å². The lowest BCUT2D eigenvalue weighted by molar-refractivity contribution is -0.255. The first-order valence-corrected chi connectivity index (χ1v) is 12.1. The Morgan fingerprint density at radius 1 is 1.24 bits per heavy atom. The number of hydrogen-bond donors (Lipinski definition) is 1. The van der Waals surface area contributed by atoms with E-state index in [1.165, 1.54) is 27.8 Å². The van der Waals surface area contributed by atoms with Crippen molar-refractivity contribution in [1.82, 2.24) is 4.31 Å². The van der Waals surface area contributed by atoms with Gasteiger partial charge in [-0.05, 0) is 42.5 Å². The van der Waals surface area contributed by atoms with Gasteiger partial charge in [0, 0.05) is 23.5 Å². The third kappa shape index (κ3) is 3.73. The van der Waals surface area contributed by atoms with Gasteiger partial charge < -0.3 is 14.8 Å². The van der Waals surface area contributed by atoms with E-state index < -0.39 is 21.7 Å². The number of anilines is 1. The number of benzene rings is 1. The van der Waals surface area contributed by atoms with Gasteiger partial charge in [-0.3, -0.25) is 4.79 Å². The predicted octanol–water partition coefficient (Wildman–Crippen LogP) is 3.28. The topological polar surface area (TPSA) is 84.9 Å². The van der Waals surface area contributed by atoms with Gasteiger partial charge in [0.25, 0.3) is 11.7 Å². The van der Waals surface area contributed by atoms with Crippen LogP contribution in [0.25, 0.3) is 0 Å². The number of sulfonamides is 1. The number of carbonyl (C=O) groups is 1. The maximum Gasteiger partial charge on any atom is 0.289 e. The van der Waals surface area contributed by atoms with Crippen molar-refractivity contribution in [2.75, 3.05) is 25.1 Å². The molecule has 1 aromatic carbocycles. The second kappa shape index (κ2) is 8.16. The highest BCUT2D eigenvalue weighted by Crippen LogP contribution is 2.43. The maximum absolute atomic E-state index is 13.5. The molecule has 1 spiro atoms. The van der Waals surface area contributed by atoms with Crippen molar-refractivity contribution in [3.05, 3.63) is 46.2 Å². The third-order valence-corrected chi connectivity index (χ3v) is 7.81. The van der Waals surface area contributed by atoms with E-state index in [1.54, 1.807) is 6.07 Å². The van der Waals surface area contributed by atoms with Crippen LogP contribution < -0.4 is 5.32 Å². The van der Waals surface area contributed by atoms with Gasteiger partial charge in [-0.1, -0.05) is 19.4 Å². The fourth-order valence-electron chi connectivity index (χ4n) is 3.56. The van der Waals surface area contributed by atoms with Crippen LogP contribution in [0, 0.1) is 0 Å². The molecule has 156 valence electrons. The Hall–Kier alpha value is -1.78. The van der Waals surface area contributed by atoms with Gasteiger partial charge in [0.05, 0.1) is 23.8 Å². The summed E-state index contributed by atoms with van der Waals surface area (Å²) in [5.74, 6) is -1.97. The van der Waals surface area contributed by atoms with E-state index >= 15 is 0 Å². The molecule has 1 N–H and O–H groups in total. The number of thiophene rings is 1. The molecule has 29 heavy (non-hydrogen) atoms. The number of amides is 1. The maximum atomic E-state index is 13.5. The Labute approximate surface area is 174 Å². The average molecular weight is 437 g/mol. The van der Waals surface area contributed by atoms with Crippen molar-refractivity contribution in [2.24, 2.45) is 0 Å². The Morgan fingerprint density at radius 2 is 2.03 bits per heavy atom. The van der Waals surface area contributed by atoms with Crippen molar-refractivity contribution in [3.8, 4) is 0 Å². The van der Waals surface area contributed by atoms with E-state index in [1.807, 2.05) is 24.4 Å². The first kappa shape index (κ1) is 20.5. The van der Waals surface area contributed by atoms with E-state index in [-0.39, 0.29) is 4.90 Å². The predicted molar refractivity (Wildman–Crippen MR) is 110 cm³/mol. The molecule has 0 saturated carbocycles. The van der Waals surface area contributed by atoms with Gasteiger partial charge in [0.15, 0.2) is 0 Å². The highest BCUT2D eigenvalue weighted by Gasteiger charge is 2.51. The van der Waals surface area contributed by atoms with E-state index in [9.17, 15) is 13.2 Å². The summed E-state index contributed by atoms with van der Waals surface area (Å²) < 4.78 is 39.8. The van der Waals surface area contributed by atoms with Crippen LogP contribution in [0.3, 0.4) is 0 Å². The molecular weight excluding hydrogens is 412 g/mol. The molecule has 0 unspecified atom stereocenters. The largest absolute Gasteiger partial charge is 0.338 e. The van der Waals surface area contributed by atoms with Crippen LogP contribution in [0.1, 0.15) is 36.6 Å². The molecule has 2 aliphatic heterocycles. The highest BCUT2D eigenvalue weighted by molar-refractivity contribution is 7.89. The lowest BCUT2D eigenvalue weighted by Crippen LogP contribution is -2.43. The van der Waals surface area contributed by atoms with Gasteiger partial charge in [0.2, 0.25) is 10.0 Å². The van der Waals surface area contributed by atoms with Crippen molar-refractivity contribution in [2.45, 2.75) is 43.4 Å². The van der Waals surface area contributed by atoms with E-state index in [4.69, 9.17) is 9.47 Å². The van der Waals surface area contributed by atoms with Gasteiger partial charge in [-0.2, -0.15) is 4.31 Å². The summed E-state index contributed by atoms with van der Waals surface area (Å²) in [6.45, 7) is 3.55. The monoisotopic (exact) mass is 436 g/mol. The molecule has 0 aliphatic carbocycles. The minimum Gasteiger partial charge on any atom is -0.338 e. The minimum absolute atomic E-state index is 0.137. The van der Waals surface area contributed by atoms with Gasteiger partial charge >= 0.3 is 0 Å². The lowest BCUT2D eigenvalue weighted by Gasteiger charge is -2.32. The molecule has 0 atom stereocenters. The smallest absolute Gasteiger partial charge is 0.289 e. The van der Waals surface area contributed by atoms with E-state index in [0.29, 0.717) is 44.0 Å². The summed E-state index contributed by atoms with van der Waals surface area (Å²) in [5.41, 5.74) is 0.948. The Kier molecular flexibility index (Phi) is 5.76. The number of carbonyl (C=O) groups excluding carboxylic acids is 1. The molecule has 0 radical (unpaired) electrons. The van der Waals surface area contributed by atoms with Gasteiger partial charge in [-0.25, -0.2) is 8.42 Å².